The van der Waals surface area contributed by atoms with E-state index in [1.54, 1.807) is 0 Å². The number of anilines is 1. The second kappa shape index (κ2) is 5.75. The maximum absolute atomic E-state index is 12.6. The monoisotopic (exact) mass is 274 g/mol. The second-order valence-corrected chi connectivity index (χ2v) is 5.40. The maximum Gasteiger partial charge on any atom is 0.240 e. The summed E-state index contributed by atoms with van der Waals surface area (Å²) in [6, 6.07) is 7.60. The summed E-state index contributed by atoms with van der Waals surface area (Å²) in [6.45, 7) is 4.73. The van der Waals surface area contributed by atoms with Crippen LogP contribution in [0.15, 0.2) is 24.3 Å². The molecular formula is C16H22N2O2. The van der Waals surface area contributed by atoms with E-state index < -0.39 is 5.41 Å². The van der Waals surface area contributed by atoms with E-state index in [1.807, 2.05) is 45.2 Å². The Labute approximate surface area is 120 Å². The molecule has 20 heavy (non-hydrogen) atoms. The maximum atomic E-state index is 12.6. The fraction of sp³-hybridized carbons (Fsp3) is 0.500. The quantitative estimate of drug-likeness (QED) is 0.839. The van der Waals surface area contributed by atoms with Crippen molar-refractivity contribution in [1.29, 1.82) is 0 Å². The van der Waals surface area contributed by atoms with E-state index in [1.165, 1.54) is 4.90 Å². The van der Waals surface area contributed by atoms with Gasteiger partial charge < -0.3 is 5.32 Å². The fourth-order valence-electron chi connectivity index (χ4n) is 2.83. The van der Waals surface area contributed by atoms with Gasteiger partial charge in [-0.2, -0.15) is 0 Å². The molecule has 0 atom stereocenters. The topological polar surface area (TPSA) is 49.4 Å². The predicted molar refractivity (Wildman–Crippen MR) is 79.3 cm³/mol. The average Bonchev–Trinajstić information content (AvgIpc) is 2.72. The van der Waals surface area contributed by atoms with Gasteiger partial charge in [-0.05, 0) is 37.6 Å². The summed E-state index contributed by atoms with van der Waals surface area (Å²) in [6.07, 6.45) is 1.75. The van der Waals surface area contributed by atoms with Crippen LogP contribution in [0, 0.1) is 5.41 Å². The molecule has 0 spiro atoms. The zero-order valence-electron chi connectivity index (χ0n) is 12.4. The van der Waals surface area contributed by atoms with Gasteiger partial charge in [0.1, 0.15) is 0 Å². The number of nitrogens with one attached hydrogen (secondary N) is 1. The summed E-state index contributed by atoms with van der Waals surface area (Å²) in [5.41, 5.74) is 1.32. The van der Waals surface area contributed by atoms with Gasteiger partial charge in [-0.1, -0.05) is 26.0 Å². The molecule has 1 aromatic carbocycles. The van der Waals surface area contributed by atoms with Crippen LogP contribution in [0.4, 0.5) is 5.69 Å². The van der Waals surface area contributed by atoms with E-state index in [-0.39, 0.29) is 11.8 Å². The summed E-state index contributed by atoms with van der Waals surface area (Å²) < 4.78 is 0. The van der Waals surface area contributed by atoms with Gasteiger partial charge in [0.2, 0.25) is 11.8 Å². The van der Waals surface area contributed by atoms with Gasteiger partial charge in [-0.25, -0.2) is 0 Å². The fourth-order valence-corrected chi connectivity index (χ4v) is 2.83. The van der Waals surface area contributed by atoms with Crippen LogP contribution in [0.25, 0.3) is 0 Å². The van der Waals surface area contributed by atoms with Gasteiger partial charge in [-0.15, -0.1) is 0 Å². The number of hydrogen-bond acceptors (Lipinski definition) is 3. The predicted octanol–water partition coefficient (Wildman–Crippen LogP) is 2.48. The average molecular weight is 274 g/mol. The molecule has 1 aliphatic rings. The van der Waals surface area contributed by atoms with E-state index in [0.29, 0.717) is 24.9 Å². The summed E-state index contributed by atoms with van der Waals surface area (Å²) in [7, 11) is 1.89. The van der Waals surface area contributed by atoms with Crippen LogP contribution >= 0.6 is 0 Å². The first kappa shape index (κ1) is 14.7. The van der Waals surface area contributed by atoms with Gasteiger partial charge >= 0.3 is 0 Å². The van der Waals surface area contributed by atoms with Crippen LogP contribution in [0.5, 0.6) is 0 Å². The minimum Gasteiger partial charge on any atom is -0.316 e. The van der Waals surface area contributed by atoms with Crippen molar-refractivity contribution in [3.8, 4) is 0 Å². The molecule has 2 amide bonds. The first-order chi connectivity index (χ1) is 9.57. The molecule has 4 heteroatoms. The normalized spacial score (nSPS) is 17.9. The van der Waals surface area contributed by atoms with Crippen LogP contribution in [0.1, 0.15) is 38.7 Å². The highest BCUT2D eigenvalue weighted by Crippen LogP contribution is 2.41. The molecule has 1 saturated heterocycles. The SMILES string of the molecule is CCC1(CC)CC(=O)N(c2ccc(CNC)cc2)C1=O. The Bertz CT molecular complexity index is 504. The molecular weight excluding hydrogens is 252 g/mol. The summed E-state index contributed by atoms with van der Waals surface area (Å²) in [5, 5.41) is 3.07. The molecule has 1 aromatic rings. The Hall–Kier alpha value is -1.68. The van der Waals surface area contributed by atoms with Crippen LogP contribution in [-0.2, 0) is 16.1 Å². The smallest absolute Gasteiger partial charge is 0.240 e. The molecule has 0 radical (unpaired) electrons. The largest absolute Gasteiger partial charge is 0.316 e. The van der Waals surface area contributed by atoms with E-state index in [9.17, 15) is 9.59 Å². The highest BCUT2D eigenvalue weighted by molar-refractivity contribution is 6.22. The van der Waals surface area contributed by atoms with Crippen LogP contribution < -0.4 is 10.2 Å². The lowest BCUT2D eigenvalue weighted by molar-refractivity contribution is -0.126. The number of benzene rings is 1. The number of amides is 2. The van der Waals surface area contributed by atoms with Crippen molar-refractivity contribution >= 4 is 17.5 Å². The first-order valence-corrected chi connectivity index (χ1v) is 7.19. The number of nitrogens with zero attached hydrogens (tertiary/aromatic N) is 1. The Balaban J connectivity index is 2.28. The molecule has 1 fully saturated rings. The molecule has 1 heterocycles. The Morgan fingerprint density at radius 1 is 1.15 bits per heavy atom. The Morgan fingerprint density at radius 2 is 1.75 bits per heavy atom. The number of imide groups is 1. The van der Waals surface area contributed by atoms with Gasteiger partial charge in [0.15, 0.2) is 0 Å². The molecule has 4 nitrogen and oxygen atoms in total. The second-order valence-electron chi connectivity index (χ2n) is 5.40. The Morgan fingerprint density at radius 3 is 2.20 bits per heavy atom. The minimum absolute atomic E-state index is 0.0473. The van der Waals surface area contributed by atoms with Crippen LogP contribution in [-0.4, -0.2) is 18.9 Å². The lowest BCUT2D eigenvalue weighted by Crippen LogP contribution is -2.35. The lowest BCUT2D eigenvalue weighted by atomic mass is 9.81. The van der Waals surface area contributed by atoms with Crippen molar-refractivity contribution < 1.29 is 9.59 Å². The summed E-state index contributed by atoms with van der Waals surface area (Å²) in [5.74, 6) is -0.131. The molecule has 1 N–H and O–H groups in total. The van der Waals surface area contributed by atoms with E-state index in [2.05, 4.69) is 5.32 Å². The standard InChI is InChI=1S/C16H22N2O2/c1-4-16(5-2)10-14(19)18(15(16)20)13-8-6-12(7-9-13)11-17-3/h6-9,17H,4-5,10-11H2,1-3H3. The summed E-state index contributed by atoms with van der Waals surface area (Å²) >= 11 is 0. The van der Waals surface area contributed by atoms with Crippen molar-refractivity contribution in [3.05, 3.63) is 29.8 Å². The number of carbonyl (C=O) groups excluding carboxylic acids is 2. The van der Waals surface area contributed by atoms with Crippen molar-refractivity contribution in [2.24, 2.45) is 5.41 Å². The molecule has 2 rings (SSSR count). The van der Waals surface area contributed by atoms with Crippen molar-refractivity contribution in [1.82, 2.24) is 5.32 Å². The number of hydrogen-bond donors (Lipinski definition) is 1. The zero-order chi connectivity index (χ0) is 14.8. The van der Waals surface area contributed by atoms with Gasteiger partial charge in [0.05, 0.1) is 11.1 Å². The van der Waals surface area contributed by atoms with Gasteiger partial charge in [0, 0.05) is 13.0 Å². The van der Waals surface area contributed by atoms with Crippen molar-refractivity contribution in [2.45, 2.75) is 39.7 Å². The molecule has 0 aromatic heterocycles. The van der Waals surface area contributed by atoms with E-state index in [4.69, 9.17) is 0 Å². The van der Waals surface area contributed by atoms with E-state index in [0.717, 1.165) is 12.1 Å². The third-order valence-corrected chi connectivity index (χ3v) is 4.32. The highest BCUT2D eigenvalue weighted by Gasteiger charge is 2.49. The van der Waals surface area contributed by atoms with Crippen molar-refractivity contribution in [3.63, 3.8) is 0 Å². The Kier molecular flexibility index (Phi) is 4.23. The molecule has 0 aliphatic carbocycles. The molecule has 1 aliphatic heterocycles. The van der Waals surface area contributed by atoms with Crippen molar-refractivity contribution in [2.75, 3.05) is 11.9 Å². The minimum atomic E-state index is -0.499. The van der Waals surface area contributed by atoms with Crippen LogP contribution in [0.2, 0.25) is 0 Å². The first-order valence-electron chi connectivity index (χ1n) is 7.19. The van der Waals surface area contributed by atoms with Crippen LogP contribution in [0.3, 0.4) is 0 Å². The lowest BCUT2D eigenvalue weighted by Gasteiger charge is -2.23. The molecule has 108 valence electrons. The van der Waals surface area contributed by atoms with Gasteiger partial charge in [0.25, 0.3) is 0 Å². The highest BCUT2D eigenvalue weighted by atomic mass is 16.2. The molecule has 0 unspecified atom stereocenters. The number of carbonyl (C=O) groups is 2. The molecule has 0 saturated carbocycles. The van der Waals surface area contributed by atoms with E-state index >= 15 is 0 Å². The third kappa shape index (κ3) is 2.36. The number of rotatable bonds is 5. The third-order valence-electron chi connectivity index (χ3n) is 4.32. The summed E-state index contributed by atoms with van der Waals surface area (Å²) in [4.78, 5) is 26.2. The van der Waals surface area contributed by atoms with Gasteiger partial charge in [-0.3, -0.25) is 14.5 Å². The molecule has 0 bridgehead atoms. The zero-order valence-corrected chi connectivity index (χ0v) is 12.4.